The van der Waals surface area contributed by atoms with E-state index >= 15 is 0 Å². The minimum atomic E-state index is 0.294. The first kappa shape index (κ1) is 12.7. The van der Waals surface area contributed by atoms with Crippen molar-refractivity contribution in [2.24, 2.45) is 11.3 Å². The Balaban J connectivity index is 1.94. The largest absolute Gasteiger partial charge is 0.468 e. The molecule has 96 valence electrons. The number of furan rings is 1. The van der Waals surface area contributed by atoms with E-state index in [9.17, 15) is 0 Å². The summed E-state index contributed by atoms with van der Waals surface area (Å²) in [5, 5.41) is 9.16. The van der Waals surface area contributed by atoms with E-state index in [1.54, 1.807) is 6.26 Å². The van der Waals surface area contributed by atoms with E-state index in [0.29, 0.717) is 17.9 Å². The van der Waals surface area contributed by atoms with Crippen molar-refractivity contribution in [3.63, 3.8) is 0 Å². The Hall–Kier alpha value is -0.800. The minimum absolute atomic E-state index is 0.294. The molecule has 1 saturated heterocycles. The first-order valence-corrected chi connectivity index (χ1v) is 6.47. The highest BCUT2D eigenvalue weighted by Crippen LogP contribution is 2.37. The molecule has 1 atom stereocenters. The van der Waals surface area contributed by atoms with E-state index in [1.807, 2.05) is 12.1 Å². The van der Waals surface area contributed by atoms with Crippen molar-refractivity contribution in [1.82, 2.24) is 4.90 Å². The highest BCUT2D eigenvalue weighted by molar-refractivity contribution is 4.99. The van der Waals surface area contributed by atoms with Crippen molar-refractivity contribution >= 4 is 0 Å². The van der Waals surface area contributed by atoms with E-state index in [0.717, 1.165) is 31.8 Å². The zero-order chi connectivity index (χ0) is 12.3. The first-order chi connectivity index (χ1) is 8.12. The number of piperidine rings is 1. The van der Waals surface area contributed by atoms with Gasteiger partial charge in [0.25, 0.3) is 0 Å². The Kier molecular flexibility index (Phi) is 3.89. The molecule has 0 bridgehead atoms. The minimum Gasteiger partial charge on any atom is -0.468 e. The molecule has 2 heterocycles. The fourth-order valence-corrected chi connectivity index (χ4v) is 2.70. The molecule has 0 spiro atoms. The molecule has 1 aliphatic heterocycles. The fourth-order valence-electron chi connectivity index (χ4n) is 2.70. The maximum absolute atomic E-state index is 9.16. The molecular formula is C14H23NO2. The van der Waals surface area contributed by atoms with Crippen LogP contribution >= 0.6 is 0 Å². The Bertz CT molecular complexity index is 332. The zero-order valence-corrected chi connectivity index (χ0v) is 10.9. The van der Waals surface area contributed by atoms with E-state index < -0.39 is 0 Å². The number of rotatable bonds is 4. The van der Waals surface area contributed by atoms with Gasteiger partial charge < -0.3 is 9.52 Å². The molecule has 1 N–H and O–H groups in total. The van der Waals surface area contributed by atoms with E-state index in [1.165, 1.54) is 6.42 Å². The van der Waals surface area contributed by atoms with Crippen LogP contribution in [0.3, 0.4) is 0 Å². The summed E-state index contributed by atoms with van der Waals surface area (Å²) in [5.74, 6) is 1.61. The summed E-state index contributed by atoms with van der Waals surface area (Å²) in [6.45, 7) is 8.01. The molecule has 17 heavy (non-hydrogen) atoms. The maximum atomic E-state index is 9.16. The van der Waals surface area contributed by atoms with Crippen molar-refractivity contribution in [1.29, 1.82) is 0 Å². The lowest BCUT2D eigenvalue weighted by atomic mass is 9.72. The molecule has 1 aliphatic rings. The van der Waals surface area contributed by atoms with Crippen LogP contribution < -0.4 is 0 Å². The average Bonchev–Trinajstić information content (AvgIpc) is 2.76. The third-order valence-corrected chi connectivity index (χ3v) is 4.09. The summed E-state index contributed by atoms with van der Waals surface area (Å²) in [7, 11) is 0. The van der Waals surface area contributed by atoms with Crippen LogP contribution in [0.4, 0.5) is 0 Å². The summed E-state index contributed by atoms with van der Waals surface area (Å²) in [6.07, 6.45) is 3.83. The molecule has 3 nitrogen and oxygen atoms in total. The summed E-state index contributed by atoms with van der Waals surface area (Å²) >= 11 is 0. The third kappa shape index (κ3) is 3.11. The quantitative estimate of drug-likeness (QED) is 0.874. The molecule has 0 saturated carbocycles. The van der Waals surface area contributed by atoms with Crippen molar-refractivity contribution in [2.45, 2.75) is 33.2 Å². The van der Waals surface area contributed by atoms with Gasteiger partial charge in [-0.1, -0.05) is 13.8 Å². The van der Waals surface area contributed by atoms with Crippen molar-refractivity contribution < 1.29 is 9.52 Å². The number of aliphatic hydroxyl groups is 1. The lowest BCUT2D eigenvalue weighted by Gasteiger charge is -2.43. The predicted octanol–water partition coefficient (Wildman–Crippen LogP) is 2.51. The zero-order valence-electron chi connectivity index (χ0n) is 10.9. The molecule has 0 aliphatic carbocycles. The van der Waals surface area contributed by atoms with Gasteiger partial charge in [-0.2, -0.15) is 0 Å². The van der Waals surface area contributed by atoms with Crippen LogP contribution in [0.15, 0.2) is 22.8 Å². The van der Waals surface area contributed by atoms with Gasteiger partial charge >= 0.3 is 0 Å². The first-order valence-electron chi connectivity index (χ1n) is 6.47. The molecule has 0 amide bonds. The number of hydrogen-bond donors (Lipinski definition) is 1. The molecular weight excluding hydrogens is 214 g/mol. The van der Waals surface area contributed by atoms with Gasteiger partial charge in [-0.3, -0.25) is 4.90 Å². The Morgan fingerprint density at radius 1 is 1.53 bits per heavy atom. The van der Waals surface area contributed by atoms with E-state index in [4.69, 9.17) is 9.52 Å². The fraction of sp³-hybridized carbons (Fsp3) is 0.714. The topological polar surface area (TPSA) is 36.6 Å². The highest BCUT2D eigenvalue weighted by atomic mass is 16.3. The molecule has 1 aromatic heterocycles. The highest BCUT2D eigenvalue weighted by Gasteiger charge is 2.34. The van der Waals surface area contributed by atoms with Gasteiger partial charge in [-0.25, -0.2) is 0 Å². The van der Waals surface area contributed by atoms with Crippen LogP contribution in [0.1, 0.15) is 32.4 Å². The lowest BCUT2D eigenvalue weighted by Crippen LogP contribution is -2.44. The Morgan fingerprint density at radius 2 is 2.35 bits per heavy atom. The normalized spacial score (nSPS) is 25.0. The lowest BCUT2D eigenvalue weighted by molar-refractivity contribution is 0.0367. The number of likely N-dealkylation sites (tertiary alicyclic amines) is 1. The van der Waals surface area contributed by atoms with Gasteiger partial charge in [0.15, 0.2) is 0 Å². The standard InChI is InChI=1S/C14H23NO2/c1-14(2)6-7-15(10-12(14)5-8-16)11-13-4-3-9-17-13/h3-4,9,12,16H,5-8,10-11H2,1-2H3. The van der Waals surface area contributed by atoms with Crippen LogP contribution in [0.5, 0.6) is 0 Å². The van der Waals surface area contributed by atoms with E-state index in [2.05, 4.69) is 18.7 Å². The van der Waals surface area contributed by atoms with Gasteiger partial charge in [0.05, 0.1) is 12.8 Å². The molecule has 3 heteroatoms. The SMILES string of the molecule is CC1(C)CCN(Cc2ccco2)CC1CCO. The van der Waals surface area contributed by atoms with E-state index in [-0.39, 0.29) is 0 Å². The second kappa shape index (κ2) is 5.23. The summed E-state index contributed by atoms with van der Waals surface area (Å²) < 4.78 is 5.39. The second-order valence-electron chi connectivity index (χ2n) is 5.76. The molecule has 2 rings (SSSR count). The monoisotopic (exact) mass is 237 g/mol. The molecule has 1 unspecified atom stereocenters. The van der Waals surface area contributed by atoms with Crippen LogP contribution in [0.25, 0.3) is 0 Å². The molecule has 0 radical (unpaired) electrons. The number of aliphatic hydroxyl groups excluding tert-OH is 1. The third-order valence-electron chi connectivity index (χ3n) is 4.09. The molecule has 1 aromatic rings. The Labute approximate surface area is 103 Å². The molecule has 0 aromatic carbocycles. The van der Waals surface area contributed by atoms with Gasteiger partial charge in [0.2, 0.25) is 0 Å². The van der Waals surface area contributed by atoms with Gasteiger partial charge in [-0.15, -0.1) is 0 Å². The number of hydrogen-bond acceptors (Lipinski definition) is 3. The van der Waals surface area contributed by atoms with Crippen LogP contribution in [-0.4, -0.2) is 29.7 Å². The van der Waals surface area contributed by atoms with Crippen LogP contribution in [0.2, 0.25) is 0 Å². The number of nitrogens with zero attached hydrogens (tertiary/aromatic N) is 1. The maximum Gasteiger partial charge on any atom is 0.117 e. The smallest absolute Gasteiger partial charge is 0.117 e. The predicted molar refractivity (Wildman–Crippen MR) is 67.6 cm³/mol. The van der Waals surface area contributed by atoms with Crippen LogP contribution in [-0.2, 0) is 6.54 Å². The van der Waals surface area contributed by atoms with Crippen molar-refractivity contribution in [3.05, 3.63) is 24.2 Å². The molecule has 1 fully saturated rings. The Morgan fingerprint density at radius 3 is 3.00 bits per heavy atom. The van der Waals surface area contributed by atoms with Gasteiger partial charge in [-0.05, 0) is 42.9 Å². The summed E-state index contributed by atoms with van der Waals surface area (Å²) in [6, 6.07) is 3.97. The van der Waals surface area contributed by atoms with Crippen LogP contribution in [0, 0.1) is 11.3 Å². The average molecular weight is 237 g/mol. The van der Waals surface area contributed by atoms with Gasteiger partial charge in [0.1, 0.15) is 5.76 Å². The summed E-state index contributed by atoms with van der Waals surface area (Å²) in [4.78, 5) is 2.43. The van der Waals surface area contributed by atoms with Gasteiger partial charge in [0, 0.05) is 13.2 Å². The second-order valence-corrected chi connectivity index (χ2v) is 5.76. The van der Waals surface area contributed by atoms with Crippen molar-refractivity contribution in [3.8, 4) is 0 Å². The van der Waals surface area contributed by atoms with Crippen molar-refractivity contribution in [2.75, 3.05) is 19.7 Å². The summed E-state index contributed by atoms with van der Waals surface area (Å²) in [5.41, 5.74) is 0.350.